The average Bonchev–Trinajstić information content (AvgIpc) is 3.31. The lowest BCUT2D eigenvalue weighted by atomic mass is 10.1. The van der Waals surface area contributed by atoms with Crippen LogP contribution in [0.25, 0.3) is 0 Å². The largest absolute Gasteiger partial charge is 0.480 e. The third kappa shape index (κ3) is 4.07. The molecule has 0 bridgehead atoms. The molecule has 0 radical (unpaired) electrons. The Morgan fingerprint density at radius 1 is 0.897 bits per heavy atom. The summed E-state index contributed by atoms with van der Waals surface area (Å²) in [5.41, 5.74) is -0.999. The van der Waals surface area contributed by atoms with E-state index in [0.717, 1.165) is 28.0 Å². The fraction of sp³-hybridized carbons (Fsp3) is 0.125. The predicted octanol–water partition coefficient (Wildman–Crippen LogP) is 2.16. The minimum atomic E-state index is -2.26. The molecule has 0 saturated carbocycles. The van der Waals surface area contributed by atoms with Gasteiger partial charge in [0.1, 0.15) is 6.54 Å². The van der Waals surface area contributed by atoms with Crippen LogP contribution in [0.3, 0.4) is 0 Å². The van der Waals surface area contributed by atoms with Crippen LogP contribution in [0.1, 0.15) is 15.9 Å². The topological polar surface area (TPSA) is 102 Å². The first-order valence-electron chi connectivity index (χ1n) is 7.75. The molecule has 0 atom stereocenters. The predicted molar refractivity (Wildman–Crippen MR) is 85.4 cm³/mol. The number of carboxylic acids is 1. The van der Waals surface area contributed by atoms with Gasteiger partial charge < -0.3 is 10.4 Å². The first-order valence-corrected chi connectivity index (χ1v) is 7.75. The van der Waals surface area contributed by atoms with Crippen LogP contribution in [0.15, 0.2) is 24.8 Å². The number of halogens is 5. The smallest absolute Gasteiger partial charge is 0.325 e. The Morgan fingerprint density at radius 2 is 1.48 bits per heavy atom. The lowest BCUT2D eigenvalue weighted by Crippen LogP contribution is -2.12. The van der Waals surface area contributed by atoms with Crippen molar-refractivity contribution in [2.24, 2.45) is 0 Å². The fourth-order valence-electron chi connectivity index (χ4n) is 2.37. The van der Waals surface area contributed by atoms with Crippen LogP contribution >= 0.6 is 0 Å². The van der Waals surface area contributed by atoms with E-state index in [1.807, 2.05) is 0 Å². The highest BCUT2D eigenvalue weighted by Crippen LogP contribution is 2.24. The van der Waals surface area contributed by atoms with Crippen LogP contribution in [0.4, 0.5) is 27.6 Å². The van der Waals surface area contributed by atoms with Crippen molar-refractivity contribution in [1.82, 2.24) is 19.6 Å². The standard InChI is InChI=1S/C16H10F5N5O3/c17-11-9(12(18)14(20)15(21)13(11)19)5-26-4-8(2-23-26)24-16(29)7-1-22-25(3-7)6-10(27)28/h1-4H,5-6H2,(H,24,29)(H,27,28). The molecule has 2 heterocycles. The van der Waals surface area contributed by atoms with Gasteiger partial charge in [0.25, 0.3) is 5.91 Å². The molecule has 3 rings (SSSR count). The Bertz CT molecular complexity index is 1080. The van der Waals surface area contributed by atoms with E-state index in [0.29, 0.717) is 0 Å². The normalized spacial score (nSPS) is 10.9. The highest BCUT2D eigenvalue weighted by atomic mass is 19.2. The van der Waals surface area contributed by atoms with E-state index in [1.54, 1.807) is 0 Å². The van der Waals surface area contributed by atoms with Gasteiger partial charge in [-0.05, 0) is 0 Å². The number of nitrogens with zero attached hydrogens (tertiary/aromatic N) is 4. The number of aliphatic carboxylic acids is 1. The van der Waals surface area contributed by atoms with E-state index in [1.165, 1.54) is 6.20 Å². The summed E-state index contributed by atoms with van der Waals surface area (Å²) in [5.74, 6) is -12.2. The maximum Gasteiger partial charge on any atom is 0.325 e. The van der Waals surface area contributed by atoms with Crippen molar-refractivity contribution in [3.05, 3.63) is 65.0 Å². The second kappa shape index (κ2) is 7.69. The Morgan fingerprint density at radius 3 is 2.10 bits per heavy atom. The maximum atomic E-state index is 13.7. The highest BCUT2D eigenvalue weighted by molar-refractivity contribution is 6.03. The first kappa shape index (κ1) is 20.0. The summed E-state index contributed by atoms with van der Waals surface area (Å²) >= 11 is 0. The van der Waals surface area contributed by atoms with E-state index in [9.17, 15) is 31.5 Å². The molecule has 0 saturated heterocycles. The van der Waals surface area contributed by atoms with Gasteiger partial charge in [0, 0.05) is 12.4 Å². The summed E-state index contributed by atoms with van der Waals surface area (Å²) in [6, 6.07) is 0. The minimum absolute atomic E-state index is 0.0266. The Labute approximate surface area is 158 Å². The number of carbonyl (C=O) groups is 2. The molecule has 0 fully saturated rings. The van der Waals surface area contributed by atoms with Crippen molar-refractivity contribution < 1.29 is 36.6 Å². The second-order valence-corrected chi connectivity index (χ2v) is 5.75. The number of carboxylic acid groups (broad SMARTS) is 1. The number of carbonyl (C=O) groups excluding carboxylic acids is 1. The molecule has 3 aromatic rings. The Balaban J connectivity index is 1.74. The quantitative estimate of drug-likeness (QED) is 0.365. The van der Waals surface area contributed by atoms with Crippen molar-refractivity contribution in [1.29, 1.82) is 0 Å². The molecular formula is C16H10F5N5O3. The lowest BCUT2D eigenvalue weighted by molar-refractivity contribution is -0.137. The number of aromatic nitrogens is 4. The fourth-order valence-corrected chi connectivity index (χ4v) is 2.37. The molecular weight excluding hydrogens is 405 g/mol. The number of hydrogen-bond donors (Lipinski definition) is 2. The van der Waals surface area contributed by atoms with E-state index in [2.05, 4.69) is 15.5 Å². The summed E-state index contributed by atoms with van der Waals surface area (Å²) in [4.78, 5) is 22.7. The molecule has 0 aliphatic heterocycles. The van der Waals surface area contributed by atoms with Gasteiger partial charge in [0.05, 0.1) is 35.8 Å². The van der Waals surface area contributed by atoms with Crippen LogP contribution in [-0.2, 0) is 17.9 Å². The van der Waals surface area contributed by atoms with Crippen molar-refractivity contribution in [2.75, 3.05) is 5.32 Å². The van der Waals surface area contributed by atoms with Crippen molar-refractivity contribution >= 4 is 17.6 Å². The molecule has 0 aliphatic carbocycles. The maximum absolute atomic E-state index is 13.7. The first-order chi connectivity index (χ1) is 13.7. The van der Waals surface area contributed by atoms with Gasteiger partial charge in [-0.2, -0.15) is 10.2 Å². The van der Waals surface area contributed by atoms with Crippen molar-refractivity contribution in [2.45, 2.75) is 13.1 Å². The zero-order valence-corrected chi connectivity index (χ0v) is 14.2. The molecule has 0 spiro atoms. The zero-order valence-electron chi connectivity index (χ0n) is 14.2. The van der Waals surface area contributed by atoms with Gasteiger partial charge >= 0.3 is 5.97 Å². The minimum Gasteiger partial charge on any atom is -0.480 e. The third-order valence-electron chi connectivity index (χ3n) is 3.70. The summed E-state index contributed by atoms with van der Waals surface area (Å²) in [5, 5.41) is 18.4. The number of anilines is 1. The number of amides is 1. The number of benzene rings is 1. The molecule has 1 aromatic carbocycles. The van der Waals surface area contributed by atoms with E-state index in [-0.39, 0.29) is 11.3 Å². The molecule has 152 valence electrons. The highest BCUT2D eigenvalue weighted by Gasteiger charge is 2.26. The number of nitrogens with one attached hydrogen (secondary N) is 1. The van der Waals surface area contributed by atoms with Crippen LogP contribution < -0.4 is 5.32 Å². The molecule has 8 nitrogen and oxygen atoms in total. The molecule has 13 heteroatoms. The van der Waals surface area contributed by atoms with Gasteiger partial charge in [0.15, 0.2) is 23.3 Å². The van der Waals surface area contributed by atoms with E-state index >= 15 is 0 Å². The van der Waals surface area contributed by atoms with Crippen molar-refractivity contribution in [3.63, 3.8) is 0 Å². The van der Waals surface area contributed by atoms with Gasteiger partial charge in [-0.15, -0.1) is 0 Å². The van der Waals surface area contributed by atoms with Gasteiger partial charge in [-0.1, -0.05) is 0 Å². The van der Waals surface area contributed by atoms with Crippen LogP contribution in [0, 0.1) is 29.1 Å². The van der Waals surface area contributed by atoms with E-state index in [4.69, 9.17) is 5.11 Å². The van der Waals surface area contributed by atoms with Gasteiger partial charge in [-0.25, -0.2) is 22.0 Å². The monoisotopic (exact) mass is 415 g/mol. The van der Waals surface area contributed by atoms with Crippen LogP contribution in [-0.4, -0.2) is 36.5 Å². The Kier molecular flexibility index (Phi) is 5.30. The third-order valence-corrected chi connectivity index (χ3v) is 3.70. The molecule has 2 aromatic heterocycles. The zero-order chi connectivity index (χ0) is 21.3. The Hall–Kier alpha value is -3.77. The number of hydrogen-bond acceptors (Lipinski definition) is 4. The van der Waals surface area contributed by atoms with Crippen LogP contribution in [0.5, 0.6) is 0 Å². The molecule has 0 unspecified atom stereocenters. The summed E-state index contributed by atoms with van der Waals surface area (Å²) in [7, 11) is 0. The summed E-state index contributed by atoms with van der Waals surface area (Å²) in [6.07, 6.45) is 4.50. The van der Waals surface area contributed by atoms with Gasteiger partial charge in [-0.3, -0.25) is 19.0 Å². The van der Waals surface area contributed by atoms with Crippen molar-refractivity contribution in [3.8, 4) is 0 Å². The van der Waals surface area contributed by atoms with Gasteiger partial charge in [0.2, 0.25) is 5.82 Å². The number of rotatable bonds is 6. The average molecular weight is 415 g/mol. The second-order valence-electron chi connectivity index (χ2n) is 5.75. The van der Waals surface area contributed by atoms with Crippen LogP contribution in [0.2, 0.25) is 0 Å². The molecule has 29 heavy (non-hydrogen) atoms. The van der Waals surface area contributed by atoms with E-state index < -0.39 is 59.6 Å². The summed E-state index contributed by atoms with van der Waals surface area (Å²) < 4.78 is 69.0. The lowest BCUT2D eigenvalue weighted by Gasteiger charge is -2.08. The molecule has 2 N–H and O–H groups in total. The SMILES string of the molecule is O=C(O)Cn1cc(C(=O)Nc2cnn(Cc3c(F)c(F)c(F)c(F)c3F)c2)cn1. The summed E-state index contributed by atoms with van der Waals surface area (Å²) in [6.45, 7) is -1.23. The molecule has 0 aliphatic rings. The molecule has 1 amide bonds.